The highest BCUT2D eigenvalue weighted by molar-refractivity contribution is 5.41. The number of hydrogen-bond donors (Lipinski definition) is 1. The molecule has 0 spiro atoms. The lowest BCUT2D eigenvalue weighted by Crippen LogP contribution is -2.28. The van der Waals surface area contributed by atoms with Crippen LogP contribution in [0.1, 0.15) is 11.1 Å². The predicted molar refractivity (Wildman–Crippen MR) is 75.3 cm³/mol. The summed E-state index contributed by atoms with van der Waals surface area (Å²) >= 11 is 0. The van der Waals surface area contributed by atoms with Crippen LogP contribution in [0.5, 0.6) is 0 Å². The van der Waals surface area contributed by atoms with Gasteiger partial charge in [-0.05, 0) is 38.8 Å². The SMILES string of the molecule is CN(C)CCN(C)Cc1ccc(F)cc1C#CCO. The van der Waals surface area contributed by atoms with E-state index in [0.29, 0.717) is 12.1 Å². The lowest BCUT2D eigenvalue weighted by molar-refractivity contribution is 0.276. The van der Waals surface area contributed by atoms with Crippen molar-refractivity contribution >= 4 is 0 Å². The quantitative estimate of drug-likeness (QED) is 0.809. The largest absolute Gasteiger partial charge is 0.384 e. The van der Waals surface area contributed by atoms with Gasteiger partial charge < -0.3 is 14.9 Å². The van der Waals surface area contributed by atoms with Crippen molar-refractivity contribution in [1.29, 1.82) is 0 Å². The number of likely N-dealkylation sites (N-methyl/N-ethyl adjacent to an activating group) is 2. The summed E-state index contributed by atoms with van der Waals surface area (Å²) in [7, 11) is 6.09. The van der Waals surface area contributed by atoms with Gasteiger partial charge in [-0.1, -0.05) is 17.9 Å². The van der Waals surface area contributed by atoms with Gasteiger partial charge in [-0.3, -0.25) is 0 Å². The molecule has 0 aliphatic rings. The molecule has 0 aromatic heterocycles. The van der Waals surface area contributed by atoms with Crippen molar-refractivity contribution in [2.45, 2.75) is 6.54 Å². The van der Waals surface area contributed by atoms with Crippen molar-refractivity contribution in [1.82, 2.24) is 9.80 Å². The standard InChI is InChI=1S/C15H21FN2O/c1-17(2)8-9-18(3)12-14-6-7-15(16)11-13(14)5-4-10-19/h6-7,11,19H,8-10,12H2,1-3H3. The van der Waals surface area contributed by atoms with Crippen LogP contribution in [-0.2, 0) is 6.54 Å². The van der Waals surface area contributed by atoms with Gasteiger partial charge in [0.1, 0.15) is 12.4 Å². The van der Waals surface area contributed by atoms with Crippen LogP contribution in [0.2, 0.25) is 0 Å². The minimum absolute atomic E-state index is 0.216. The van der Waals surface area contributed by atoms with Gasteiger partial charge in [-0.25, -0.2) is 4.39 Å². The third-order valence-corrected chi connectivity index (χ3v) is 2.74. The van der Waals surface area contributed by atoms with Crippen LogP contribution in [0.15, 0.2) is 18.2 Å². The second-order valence-corrected chi connectivity index (χ2v) is 4.80. The summed E-state index contributed by atoms with van der Waals surface area (Å²) in [5.41, 5.74) is 1.62. The van der Waals surface area contributed by atoms with Crippen LogP contribution < -0.4 is 0 Å². The Balaban J connectivity index is 2.76. The number of nitrogens with zero attached hydrogens (tertiary/aromatic N) is 2. The van der Waals surface area contributed by atoms with Crippen LogP contribution in [0.3, 0.4) is 0 Å². The Kier molecular flexibility index (Phi) is 6.51. The van der Waals surface area contributed by atoms with E-state index in [2.05, 4.69) is 21.6 Å². The number of hydrogen-bond acceptors (Lipinski definition) is 3. The second kappa shape index (κ2) is 7.90. The third kappa shape index (κ3) is 5.84. The normalized spacial score (nSPS) is 10.7. The van der Waals surface area contributed by atoms with Gasteiger partial charge in [0.15, 0.2) is 0 Å². The van der Waals surface area contributed by atoms with Gasteiger partial charge in [0, 0.05) is 25.2 Å². The molecule has 0 aliphatic carbocycles. The molecule has 0 radical (unpaired) electrons. The second-order valence-electron chi connectivity index (χ2n) is 4.80. The molecule has 104 valence electrons. The molecular weight excluding hydrogens is 243 g/mol. The summed E-state index contributed by atoms with van der Waals surface area (Å²) < 4.78 is 13.2. The van der Waals surface area contributed by atoms with E-state index in [4.69, 9.17) is 5.11 Å². The van der Waals surface area contributed by atoms with Crippen LogP contribution in [0.4, 0.5) is 4.39 Å². The van der Waals surface area contributed by atoms with Crippen molar-refractivity contribution in [2.75, 3.05) is 40.8 Å². The van der Waals surface area contributed by atoms with Crippen molar-refractivity contribution in [3.63, 3.8) is 0 Å². The molecule has 1 aromatic carbocycles. The maximum atomic E-state index is 13.2. The van der Waals surface area contributed by atoms with Crippen LogP contribution in [-0.4, -0.2) is 55.7 Å². The zero-order valence-electron chi connectivity index (χ0n) is 11.8. The number of rotatable bonds is 5. The van der Waals surface area contributed by atoms with Crippen molar-refractivity contribution in [3.05, 3.63) is 35.1 Å². The van der Waals surface area contributed by atoms with Crippen molar-refractivity contribution in [2.24, 2.45) is 0 Å². The molecule has 0 amide bonds. The topological polar surface area (TPSA) is 26.7 Å². The van der Waals surface area contributed by atoms with Gasteiger partial charge >= 0.3 is 0 Å². The monoisotopic (exact) mass is 264 g/mol. The van der Waals surface area contributed by atoms with Gasteiger partial charge in [0.05, 0.1) is 0 Å². The van der Waals surface area contributed by atoms with E-state index in [1.54, 1.807) is 6.07 Å². The highest BCUT2D eigenvalue weighted by atomic mass is 19.1. The molecule has 0 saturated carbocycles. The number of benzene rings is 1. The lowest BCUT2D eigenvalue weighted by Gasteiger charge is -2.20. The van der Waals surface area contributed by atoms with Gasteiger partial charge in [0.2, 0.25) is 0 Å². The van der Waals surface area contributed by atoms with E-state index in [1.807, 2.05) is 21.1 Å². The van der Waals surface area contributed by atoms with Crippen LogP contribution in [0, 0.1) is 17.7 Å². The Morgan fingerprint density at radius 1 is 1.21 bits per heavy atom. The van der Waals surface area contributed by atoms with Gasteiger partial charge in [-0.2, -0.15) is 0 Å². The molecule has 0 fully saturated rings. The molecule has 0 atom stereocenters. The molecule has 0 heterocycles. The van der Waals surface area contributed by atoms with E-state index in [1.165, 1.54) is 12.1 Å². The molecule has 4 heteroatoms. The first kappa shape index (κ1) is 15.6. The first-order valence-corrected chi connectivity index (χ1v) is 6.24. The molecule has 0 saturated heterocycles. The number of halogens is 1. The fourth-order valence-corrected chi connectivity index (χ4v) is 1.68. The average Bonchev–Trinajstić information content (AvgIpc) is 2.36. The Bertz CT molecular complexity index is 463. The maximum Gasteiger partial charge on any atom is 0.124 e. The fraction of sp³-hybridized carbons (Fsp3) is 0.467. The Morgan fingerprint density at radius 3 is 2.58 bits per heavy atom. The molecule has 3 nitrogen and oxygen atoms in total. The number of aliphatic hydroxyl groups excluding tert-OH is 1. The molecule has 0 bridgehead atoms. The molecule has 1 aromatic rings. The van der Waals surface area contributed by atoms with Crippen LogP contribution >= 0.6 is 0 Å². The summed E-state index contributed by atoms with van der Waals surface area (Å²) in [6, 6.07) is 4.61. The highest BCUT2D eigenvalue weighted by Crippen LogP contribution is 2.12. The predicted octanol–water partition coefficient (Wildman–Crippen LogP) is 1.16. The maximum absolute atomic E-state index is 13.2. The molecule has 1 rings (SSSR count). The van der Waals surface area contributed by atoms with Crippen molar-refractivity contribution < 1.29 is 9.50 Å². The summed E-state index contributed by atoms with van der Waals surface area (Å²) in [6.07, 6.45) is 0. The van der Waals surface area contributed by atoms with Gasteiger partial charge in [0.25, 0.3) is 0 Å². The number of aliphatic hydroxyl groups is 1. The first-order valence-electron chi connectivity index (χ1n) is 6.24. The van der Waals surface area contributed by atoms with Crippen molar-refractivity contribution in [3.8, 4) is 11.8 Å². The summed E-state index contributed by atoms with van der Waals surface area (Å²) in [5.74, 6) is 5.06. The Labute approximate surface area is 114 Å². The zero-order valence-corrected chi connectivity index (χ0v) is 11.8. The molecular formula is C15H21FN2O. The fourth-order valence-electron chi connectivity index (χ4n) is 1.68. The lowest BCUT2D eigenvalue weighted by atomic mass is 10.1. The highest BCUT2D eigenvalue weighted by Gasteiger charge is 2.06. The average molecular weight is 264 g/mol. The van der Waals surface area contributed by atoms with E-state index >= 15 is 0 Å². The molecule has 0 unspecified atom stereocenters. The Hall–Kier alpha value is -1.41. The summed E-state index contributed by atoms with van der Waals surface area (Å²) in [4.78, 5) is 4.28. The zero-order chi connectivity index (χ0) is 14.3. The molecule has 19 heavy (non-hydrogen) atoms. The molecule has 0 aliphatic heterocycles. The molecule has 1 N–H and O–H groups in total. The smallest absolute Gasteiger partial charge is 0.124 e. The third-order valence-electron chi connectivity index (χ3n) is 2.74. The first-order chi connectivity index (χ1) is 9.02. The summed E-state index contributed by atoms with van der Waals surface area (Å²) in [6.45, 7) is 2.39. The minimum Gasteiger partial charge on any atom is -0.384 e. The summed E-state index contributed by atoms with van der Waals surface area (Å²) in [5, 5.41) is 8.73. The Morgan fingerprint density at radius 2 is 1.95 bits per heavy atom. The van der Waals surface area contributed by atoms with E-state index in [-0.39, 0.29) is 12.4 Å². The van der Waals surface area contributed by atoms with E-state index < -0.39 is 0 Å². The van der Waals surface area contributed by atoms with Crippen LogP contribution in [0.25, 0.3) is 0 Å². The van der Waals surface area contributed by atoms with E-state index in [0.717, 1.165) is 18.7 Å². The van der Waals surface area contributed by atoms with E-state index in [9.17, 15) is 4.39 Å². The van der Waals surface area contributed by atoms with Gasteiger partial charge in [-0.15, -0.1) is 0 Å². The minimum atomic E-state index is -0.304.